The maximum absolute atomic E-state index is 14.4. The number of pyridine rings is 5. The van der Waals surface area contributed by atoms with E-state index in [1.54, 1.807) is 52.0 Å². The van der Waals surface area contributed by atoms with E-state index in [0.29, 0.717) is 32.8 Å². The first-order valence-electron chi connectivity index (χ1n) is 26.2. The zero-order valence-corrected chi connectivity index (χ0v) is 52.5. The zero-order chi connectivity index (χ0) is 66.8. The van der Waals surface area contributed by atoms with Crippen molar-refractivity contribution < 1.29 is 94.8 Å². The van der Waals surface area contributed by atoms with E-state index >= 15 is 0 Å². The number of aliphatic hydroxyl groups excluding tert-OH is 1. The van der Waals surface area contributed by atoms with E-state index in [2.05, 4.69) is 91.4 Å². The van der Waals surface area contributed by atoms with Crippen molar-refractivity contribution in [2.75, 3.05) is 33.0 Å². The van der Waals surface area contributed by atoms with Gasteiger partial charge in [0.1, 0.15) is 0 Å². The Morgan fingerprint density at radius 2 is 0.903 bits per heavy atom. The average Bonchev–Trinajstić information content (AvgIpc) is 1.68. The number of rotatable bonds is 16. The predicted octanol–water partition coefficient (Wildman–Crippen LogP) is 16.2. The largest absolute Gasteiger partial charge is 0.496 e. The molecule has 0 spiro atoms. The number of alkyl halides is 13. The third kappa shape index (κ3) is 24.6. The van der Waals surface area contributed by atoms with Crippen molar-refractivity contribution in [3.05, 3.63) is 118 Å². The second-order valence-corrected chi connectivity index (χ2v) is 23.7. The van der Waals surface area contributed by atoms with Gasteiger partial charge in [-0.05, 0) is 137 Å². The van der Waals surface area contributed by atoms with Crippen molar-refractivity contribution in [2.45, 2.75) is 140 Å². The van der Waals surface area contributed by atoms with Gasteiger partial charge in [-0.25, -0.2) is 18.7 Å². The maximum atomic E-state index is 14.4. The van der Waals surface area contributed by atoms with E-state index < -0.39 is 102 Å². The van der Waals surface area contributed by atoms with Crippen LogP contribution in [-0.2, 0) is 36.4 Å². The van der Waals surface area contributed by atoms with Crippen LogP contribution in [0, 0.1) is 29.4 Å². The molecule has 9 rings (SSSR count). The summed E-state index contributed by atoms with van der Waals surface area (Å²) >= 11 is 11.2. The SMILES string of the molecule is C.C.C.C.CC(C)CO.CC(C)COC(F)(F)c1nnc2ccc(-c3cnc(OCC(F)(F)F)c(F)c3)cn12.CC(C)COC(F)(F)c1nnc2ccc(Br)cn12.CC1(C)OB(c2cnc(OCC(F)(F)F)c(F)c2)OC1(C)C.FC(F)(Cl)c1nnc2ccc(Br)cn12. The van der Waals surface area contributed by atoms with Gasteiger partial charge in [-0.3, -0.25) is 13.2 Å². The van der Waals surface area contributed by atoms with Crippen LogP contribution in [0.1, 0.15) is 116 Å². The van der Waals surface area contributed by atoms with Crippen LogP contribution < -0.4 is 14.9 Å². The lowest BCUT2D eigenvalue weighted by atomic mass is 9.80. The molecule has 0 bridgehead atoms. The number of aliphatic hydroxyl groups is 1. The van der Waals surface area contributed by atoms with Gasteiger partial charge >= 0.3 is 37.1 Å². The van der Waals surface area contributed by atoms with Gasteiger partial charge in [0.05, 0.1) is 24.4 Å². The molecule has 8 aromatic heterocycles. The van der Waals surface area contributed by atoms with Crippen LogP contribution in [0.15, 0.2) is 88.5 Å². The van der Waals surface area contributed by atoms with Crippen molar-refractivity contribution in [2.24, 2.45) is 17.8 Å². The summed E-state index contributed by atoms with van der Waals surface area (Å²) in [6, 6.07) is 11.3. The topological polar surface area (TPSA) is 192 Å². The highest BCUT2D eigenvalue weighted by Gasteiger charge is 2.52. The molecular formula is C57H73BBr2ClF14N11O7. The van der Waals surface area contributed by atoms with Crippen molar-refractivity contribution in [1.29, 1.82) is 0 Å². The fraction of sp³-hybridized carbons (Fsp3) is 0.509. The Morgan fingerprint density at radius 1 is 0.538 bits per heavy atom. The zero-order valence-electron chi connectivity index (χ0n) is 48.6. The third-order valence-corrected chi connectivity index (χ3v) is 12.8. The Labute approximate surface area is 550 Å². The second kappa shape index (κ2) is 34.5. The molecule has 1 N–H and O–H groups in total. The first kappa shape index (κ1) is 84.9. The van der Waals surface area contributed by atoms with E-state index in [1.807, 2.05) is 41.5 Å². The van der Waals surface area contributed by atoms with Crippen molar-refractivity contribution >= 4 is 73.0 Å². The highest BCUT2D eigenvalue weighted by molar-refractivity contribution is 9.10. The Morgan fingerprint density at radius 3 is 1.27 bits per heavy atom. The Balaban J connectivity index is 0.000000614. The van der Waals surface area contributed by atoms with Crippen LogP contribution in [0.2, 0.25) is 0 Å². The molecule has 0 radical (unpaired) electrons. The molecule has 1 aliphatic rings. The molecule has 36 heteroatoms. The molecule has 0 saturated carbocycles. The summed E-state index contributed by atoms with van der Waals surface area (Å²) in [5, 5.41) is 25.8. The number of nitrogens with zero attached hydrogens (tertiary/aromatic N) is 11. The van der Waals surface area contributed by atoms with Gasteiger partial charge in [-0.15, -0.1) is 30.6 Å². The van der Waals surface area contributed by atoms with Gasteiger partial charge in [0.2, 0.25) is 17.5 Å². The van der Waals surface area contributed by atoms with Gasteiger partial charge in [0.15, 0.2) is 41.8 Å². The van der Waals surface area contributed by atoms with Crippen LogP contribution in [0.4, 0.5) is 61.5 Å². The third-order valence-electron chi connectivity index (χ3n) is 11.7. The van der Waals surface area contributed by atoms with Crippen LogP contribution in [0.3, 0.4) is 0 Å². The van der Waals surface area contributed by atoms with Gasteiger partial charge in [-0.1, -0.05) is 71.2 Å². The number of ether oxygens (including phenoxy) is 4. The minimum Gasteiger partial charge on any atom is -0.466 e. The molecule has 1 saturated heterocycles. The van der Waals surface area contributed by atoms with Crippen molar-refractivity contribution in [3.8, 4) is 22.9 Å². The monoisotopic (exact) mass is 1490 g/mol. The van der Waals surface area contributed by atoms with Crippen molar-refractivity contribution in [3.63, 3.8) is 0 Å². The molecule has 0 amide bonds. The second-order valence-electron chi connectivity index (χ2n) is 21.3. The molecule has 520 valence electrons. The summed E-state index contributed by atoms with van der Waals surface area (Å²) in [5.41, 5.74) is 0.191. The van der Waals surface area contributed by atoms with Gasteiger partial charge in [0.25, 0.3) is 11.8 Å². The maximum Gasteiger partial charge on any atom is 0.496 e. The number of fused-ring (bicyclic) bond motifs is 3. The summed E-state index contributed by atoms with van der Waals surface area (Å²) in [5.74, 6) is -5.22. The molecule has 0 aromatic carbocycles. The van der Waals surface area contributed by atoms with Crippen LogP contribution in [0.5, 0.6) is 11.8 Å². The lowest BCUT2D eigenvalue weighted by Crippen LogP contribution is -2.41. The molecule has 18 nitrogen and oxygen atoms in total. The first-order chi connectivity index (χ1) is 41.0. The molecule has 0 atom stereocenters. The molecule has 1 fully saturated rings. The minimum absolute atomic E-state index is 0. The summed E-state index contributed by atoms with van der Waals surface area (Å²) in [7, 11) is -0.844. The fourth-order valence-corrected chi connectivity index (χ4v) is 7.50. The first-order valence-corrected chi connectivity index (χ1v) is 28.1. The number of halogens is 17. The van der Waals surface area contributed by atoms with Gasteiger partial charge < -0.3 is 33.4 Å². The van der Waals surface area contributed by atoms with Crippen LogP contribution in [-0.4, -0.2) is 123 Å². The minimum atomic E-state index is -4.65. The predicted molar refractivity (Wildman–Crippen MR) is 329 cm³/mol. The summed E-state index contributed by atoms with van der Waals surface area (Å²) in [6.07, 6.45) is -10.00. The molecule has 8 aromatic rings. The lowest BCUT2D eigenvalue weighted by Gasteiger charge is -2.32. The Kier molecular flexibility index (Phi) is 31.5. The average molecular weight is 1500 g/mol. The molecule has 9 heterocycles. The normalized spacial score (nSPS) is 13.7. The Hall–Kier alpha value is -6.11. The van der Waals surface area contributed by atoms with Crippen LogP contribution >= 0.6 is 43.5 Å². The molecule has 93 heavy (non-hydrogen) atoms. The molecular weight excluding hydrogens is 1420 g/mol. The van der Waals surface area contributed by atoms with E-state index in [0.717, 1.165) is 27.1 Å². The van der Waals surface area contributed by atoms with Crippen molar-refractivity contribution in [1.82, 2.24) is 53.8 Å². The van der Waals surface area contributed by atoms with Crippen LogP contribution in [0.25, 0.3) is 28.1 Å². The lowest BCUT2D eigenvalue weighted by molar-refractivity contribution is -0.259. The smallest absolute Gasteiger partial charge is 0.466 e. The van der Waals surface area contributed by atoms with E-state index in [-0.39, 0.29) is 77.0 Å². The number of hydrogen-bond acceptors (Lipinski definition) is 15. The molecule has 0 aliphatic carbocycles. The highest BCUT2D eigenvalue weighted by atomic mass is 79.9. The van der Waals surface area contributed by atoms with Gasteiger partial charge in [-0.2, -0.15) is 52.7 Å². The number of aromatic nitrogens is 11. The standard InChI is InChI=1S/C18H16F6N4O2.C13H16BF4NO3.C11H12BrF2N3O.C7H3BrClF2N3.C4H10O.4CH4/c1-10(2)8-30-18(23,24)16-27-26-14-4-3-11(7-28(14)16)12-5-13(19)15(25-6-12)29-9-17(20,21)22;1-11(2)12(3,4)22-14(21-11)8-5-9(15)10(19-6-8)20-7-13(16,17)18;1-7(2)6-18-11(13,14)10-16-15-9-4-3-8(12)5-17(9)10;8-4-1-2-5-12-13-6(7(9,10)11)14(5)3-4;1-4(2)3-5;;;;/h3-7,10H,8-9H2,1-2H3;5-6H,7H2,1-4H3;3-5,7H,6H2,1-2H3;1-3H;4-5H,3H2,1-2H3;4*1H4. The molecule has 1 aliphatic heterocycles. The van der Waals surface area contributed by atoms with E-state index in [9.17, 15) is 61.5 Å². The highest BCUT2D eigenvalue weighted by Crippen LogP contribution is 2.38. The summed E-state index contributed by atoms with van der Waals surface area (Å²) < 4.78 is 217. The molecule has 0 unspecified atom stereocenters. The number of hydrogen-bond donors (Lipinski definition) is 1. The van der Waals surface area contributed by atoms with E-state index in [1.165, 1.54) is 41.3 Å². The summed E-state index contributed by atoms with van der Waals surface area (Å²) in [6.45, 7) is 15.0. The summed E-state index contributed by atoms with van der Waals surface area (Å²) in [4.78, 5) is 7.10. The quantitative estimate of drug-likeness (QED) is 0.0545. The van der Waals surface area contributed by atoms with Gasteiger partial charge in [0, 0.05) is 63.1 Å². The van der Waals surface area contributed by atoms with E-state index in [4.69, 9.17) is 26.0 Å². The Bertz CT molecular complexity index is 3600. The fourth-order valence-electron chi connectivity index (χ4n) is 6.70.